The van der Waals surface area contributed by atoms with Gasteiger partial charge in [0.05, 0.1) is 0 Å². The van der Waals surface area contributed by atoms with Gasteiger partial charge in [-0.3, -0.25) is 4.79 Å². The van der Waals surface area contributed by atoms with Gasteiger partial charge in [-0.25, -0.2) is 4.98 Å². The molecule has 4 rings (SSSR count). The van der Waals surface area contributed by atoms with Crippen molar-refractivity contribution in [2.24, 2.45) is 0 Å². The van der Waals surface area contributed by atoms with Crippen molar-refractivity contribution in [3.8, 4) is 0 Å². The van der Waals surface area contributed by atoms with Gasteiger partial charge in [0.2, 0.25) is 5.91 Å². The van der Waals surface area contributed by atoms with E-state index in [1.54, 1.807) is 11.3 Å². The van der Waals surface area contributed by atoms with Gasteiger partial charge in [0.1, 0.15) is 5.52 Å². The van der Waals surface area contributed by atoms with Crippen LogP contribution in [0.3, 0.4) is 0 Å². The van der Waals surface area contributed by atoms with E-state index in [4.69, 9.17) is 4.42 Å². The Bertz CT molecular complexity index is 784. The molecule has 4 nitrogen and oxygen atoms in total. The molecule has 1 aliphatic rings. The molecular weight excluding hydrogens is 320 g/mol. The Kier molecular flexibility index (Phi) is 4.34. The van der Waals surface area contributed by atoms with Crippen molar-refractivity contribution in [1.82, 2.24) is 9.88 Å². The molecule has 124 valence electrons. The fourth-order valence-electron chi connectivity index (χ4n) is 3.28. The lowest BCUT2D eigenvalue weighted by Gasteiger charge is -2.30. The molecular formula is C19H20N2O2S. The lowest BCUT2D eigenvalue weighted by molar-refractivity contribution is -0.132. The average Bonchev–Trinajstić information content (AvgIpc) is 3.29. The van der Waals surface area contributed by atoms with Crippen LogP contribution in [0.15, 0.2) is 45.5 Å². The molecule has 1 fully saturated rings. The van der Waals surface area contributed by atoms with Crippen LogP contribution in [0.1, 0.15) is 36.6 Å². The lowest BCUT2D eigenvalue weighted by atomic mass is 9.96. The van der Waals surface area contributed by atoms with E-state index in [2.05, 4.69) is 21.8 Å². The summed E-state index contributed by atoms with van der Waals surface area (Å²) in [4.78, 5) is 19.0. The van der Waals surface area contributed by atoms with Crippen molar-refractivity contribution in [3.63, 3.8) is 0 Å². The topological polar surface area (TPSA) is 46.3 Å². The van der Waals surface area contributed by atoms with Gasteiger partial charge in [-0.1, -0.05) is 12.1 Å². The molecule has 1 aromatic carbocycles. The second-order valence-corrected chi connectivity index (χ2v) is 7.09. The summed E-state index contributed by atoms with van der Waals surface area (Å²) in [5, 5.41) is 4.18. The van der Waals surface area contributed by atoms with Crippen LogP contribution >= 0.6 is 11.3 Å². The Morgan fingerprint density at radius 3 is 2.83 bits per heavy atom. The monoisotopic (exact) mass is 340 g/mol. The van der Waals surface area contributed by atoms with E-state index in [-0.39, 0.29) is 5.91 Å². The van der Waals surface area contributed by atoms with E-state index in [1.165, 1.54) is 5.56 Å². The summed E-state index contributed by atoms with van der Waals surface area (Å²) in [6, 6.07) is 9.97. The molecule has 2 aromatic heterocycles. The normalized spacial score (nSPS) is 15.9. The standard InChI is InChI=1S/C19H20N2O2S/c22-18(6-5-14-9-12-24-13-14)21-10-7-15(8-11-21)19-20-16-3-1-2-4-17(16)23-19/h1-4,9,12-13,15H,5-8,10-11H2. The van der Waals surface area contributed by atoms with Crippen LogP contribution in [0.25, 0.3) is 11.1 Å². The molecule has 24 heavy (non-hydrogen) atoms. The molecule has 3 heterocycles. The number of aryl methyl sites for hydroxylation is 1. The van der Waals surface area contributed by atoms with Gasteiger partial charge in [0.25, 0.3) is 0 Å². The Labute approximate surface area is 145 Å². The van der Waals surface area contributed by atoms with E-state index in [1.807, 2.05) is 29.2 Å². The summed E-state index contributed by atoms with van der Waals surface area (Å²) in [6.07, 6.45) is 3.30. The Hall–Kier alpha value is -2.14. The number of carbonyl (C=O) groups excluding carboxylic acids is 1. The van der Waals surface area contributed by atoms with E-state index in [0.29, 0.717) is 12.3 Å². The largest absolute Gasteiger partial charge is 0.440 e. The number of nitrogens with zero attached hydrogens (tertiary/aromatic N) is 2. The van der Waals surface area contributed by atoms with Crippen molar-refractivity contribution >= 4 is 28.3 Å². The van der Waals surface area contributed by atoms with Gasteiger partial charge in [-0.05, 0) is 53.8 Å². The average molecular weight is 340 g/mol. The predicted octanol–water partition coefficient (Wildman–Crippen LogP) is 4.23. The number of oxazole rings is 1. The molecule has 0 bridgehead atoms. The summed E-state index contributed by atoms with van der Waals surface area (Å²) in [5.74, 6) is 1.40. The van der Waals surface area contributed by atoms with Crippen molar-refractivity contribution in [3.05, 3.63) is 52.5 Å². The molecule has 3 aromatic rings. The first-order valence-corrected chi connectivity index (χ1v) is 9.38. The summed E-state index contributed by atoms with van der Waals surface area (Å²) >= 11 is 1.68. The van der Waals surface area contributed by atoms with Gasteiger partial charge in [-0.2, -0.15) is 11.3 Å². The van der Waals surface area contributed by atoms with Crippen molar-refractivity contribution < 1.29 is 9.21 Å². The molecule has 5 heteroatoms. The zero-order valence-electron chi connectivity index (χ0n) is 13.5. The number of hydrogen-bond acceptors (Lipinski definition) is 4. The molecule has 0 aliphatic carbocycles. The molecule has 1 saturated heterocycles. The van der Waals surface area contributed by atoms with Gasteiger partial charge < -0.3 is 9.32 Å². The first kappa shape index (κ1) is 15.4. The number of rotatable bonds is 4. The number of para-hydroxylation sites is 2. The van der Waals surface area contributed by atoms with E-state index in [9.17, 15) is 4.79 Å². The first-order valence-electron chi connectivity index (χ1n) is 8.44. The molecule has 0 atom stereocenters. The van der Waals surface area contributed by atoms with Crippen LogP contribution in [0.5, 0.6) is 0 Å². The number of likely N-dealkylation sites (tertiary alicyclic amines) is 1. The maximum absolute atomic E-state index is 12.4. The maximum Gasteiger partial charge on any atom is 0.222 e. The fraction of sp³-hybridized carbons (Fsp3) is 0.368. The molecule has 1 amide bonds. The third-order valence-electron chi connectivity index (χ3n) is 4.71. The van der Waals surface area contributed by atoms with Crippen LogP contribution in [-0.2, 0) is 11.2 Å². The van der Waals surface area contributed by atoms with Gasteiger partial charge >= 0.3 is 0 Å². The number of amides is 1. The maximum atomic E-state index is 12.4. The van der Waals surface area contributed by atoms with Crippen LogP contribution in [0.4, 0.5) is 0 Å². The Balaban J connectivity index is 1.33. The minimum Gasteiger partial charge on any atom is -0.440 e. The fourth-order valence-corrected chi connectivity index (χ4v) is 3.99. The Morgan fingerprint density at radius 1 is 1.25 bits per heavy atom. The number of benzene rings is 1. The molecule has 0 radical (unpaired) electrons. The summed E-state index contributed by atoms with van der Waals surface area (Å²) in [7, 11) is 0. The molecule has 0 spiro atoms. The molecule has 0 unspecified atom stereocenters. The van der Waals surface area contributed by atoms with Gasteiger partial charge in [0.15, 0.2) is 11.5 Å². The van der Waals surface area contributed by atoms with Gasteiger partial charge in [-0.15, -0.1) is 0 Å². The Morgan fingerprint density at radius 2 is 2.08 bits per heavy atom. The minimum absolute atomic E-state index is 0.261. The van der Waals surface area contributed by atoms with E-state index >= 15 is 0 Å². The summed E-state index contributed by atoms with van der Waals surface area (Å²) in [6.45, 7) is 1.59. The summed E-state index contributed by atoms with van der Waals surface area (Å²) in [5.41, 5.74) is 3.03. The molecule has 1 aliphatic heterocycles. The molecule has 0 saturated carbocycles. The van der Waals surface area contributed by atoms with E-state index in [0.717, 1.165) is 49.3 Å². The highest BCUT2D eigenvalue weighted by molar-refractivity contribution is 7.07. The SMILES string of the molecule is O=C(CCc1ccsc1)N1CCC(c2nc3ccccc3o2)CC1. The second kappa shape index (κ2) is 6.77. The van der Waals surface area contributed by atoms with Crippen molar-refractivity contribution in [1.29, 1.82) is 0 Å². The van der Waals surface area contributed by atoms with Crippen LogP contribution in [0.2, 0.25) is 0 Å². The minimum atomic E-state index is 0.261. The number of fused-ring (bicyclic) bond motifs is 1. The van der Waals surface area contributed by atoms with Crippen LogP contribution < -0.4 is 0 Å². The highest BCUT2D eigenvalue weighted by atomic mass is 32.1. The van der Waals surface area contributed by atoms with Gasteiger partial charge in [0, 0.05) is 25.4 Å². The highest BCUT2D eigenvalue weighted by Gasteiger charge is 2.26. The first-order chi connectivity index (χ1) is 11.8. The third-order valence-corrected chi connectivity index (χ3v) is 5.45. The quantitative estimate of drug-likeness (QED) is 0.714. The number of thiophene rings is 1. The predicted molar refractivity (Wildman–Crippen MR) is 95.2 cm³/mol. The third kappa shape index (κ3) is 3.22. The zero-order valence-corrected chi connectivity index (χ0v) is 14.3. The molecule has 0 N–H and O–H groups in total. The second-order valence-electron chi connectivity index (χ2n) is 6.31. The van der Waals surface area contributed by atoms with Crippen molar-refractivity contribution in [2.45, 2.75) is 31.6 Å². The number of carbonyl (C=O) groups is 1. The smallest absolute Gasteiger partial charge is 0.222 e. The highest BCUT2D eigenvalue weighted by Crippen LogP contribution is 2.30. The van der Waals surface area contributed by atoms with E-state index < -0.39 is 0 Å². The summed E-state index contributed by atoms with van der Waals surface area (Å²) < 4.78 is 5.89. The van der Waals surface area contributed by atoms with Crippen molar-refractivity contribution in [2.75, 3.05) is 13.1 Å². The number of hydrogen-bond donors (Lipinski definition) is 0. The van der Waals surface area contributed by atoms with Crippen LogP contribution in [-0.4, -0.2) is 28.9 Å². The van der Waals surface area contributed by atoms with Crippen LogP contribution in [0, 0.1) is 0 Å². The number of aromatic nitrogens is 1. The zero-order chi connectivity index (χ0) is 16.4. The lowest BCUT2D eigenvalue weighted by Crippen LogP contribution is -2.38. The number of piperidine rings is 1.